The molecule has 1 N–H and O–H groups in total. The second-order valence-corrected chi connectivity index (χ2v) is 7.30. The minimum atomic E-state index is -3.87. The summed E-state index contributed by atoms with van der Waals surface area (Å²) in [5, 5.41) is 0. The van der Waals surface area contributed by atoms with Crippen molar-refractivity contribution >= 4 is 21.6 Å². The molecule has 1 aliphatic heterocycles. The van der Waals surface area contributed by atoms with Crippen molar-refractivity contribution in [2.24, 2.45) is 0 Å². The first kappa shape index (κ1) is 18.2. The lowest BCUT2D eigenvalue weighted by Gasteiger charge is -2.27. The number of nitrogens with one attached hydrogen (secondary N) is 1. The molecule has 0 bridgehead atoms. The van der Waals surface area contributed by atoms with E-state index in [0.717, 1.165) is 0 Å². The highest BCUT2D eigenvalue weighted by Gasteiger charge is 2.24. The van der Waals surface area contributed by atoms with Crippen molar-refractivity contribution in [3.05, 3.63) is 48.3 Å². The Bertz CT molecular complexity index is 881. The Morgan fingerprint density at radius 1 is 1.27 bits per heavy atom. The Balaban J connectivity index is 1.92. The minimum absolute atomic E-state index is 0.0289. The standard InChI is InChI=1S/C17H19N3O5S/c1-24-16-5-4-14(26(22,23)19-13-3-2-6-18-12-13)11-15(16)17(21)20-7-9-25-10-8-20/h2-6,11-12,19H,7-10H2,1H3. The van der Waals surface area contributed by atoms with Crippen LogP contribution in [0.2, 0.25) is 0 Å². The number of aromatic nitrogens is 1. The Labute approximate surface area is 151 Å². The fourth-order valence-corrected chi connectivity index (χ4v) is 3.66. The first-order chi connectivity index (χ1) is 12.5. The van der Waals surface area contributed by atoms with Gasteiger partial charge in [0.15, 0.2) is 0 Å². The first-order valence-corrected chi connectivity index (χ1v) is 9.47. The van der Waals surface area contributed by atoms with Crippen LogP contribution in [-0.2, 0) is 14.8 Å². The largest absolute Gasteiger partial charge is 0.496 e. The fraction of sp³-hybridized carbons (Fsp3) is 0.294. The number of carbonyl (C=O) groups excluding carboxylic acids is 1. The van der Waals surface area contributed by atoms with Crippen LogP contribution in [0.15, 0.2) is 47.6 Å². The van der Waals surface area contributed by atoms with Crippen molar-refractivity contribution in [1.29, 1.82) is 0 Å². The summed E-state index contributed by atoms with van der Waals surface area (Å²) in [5.74, 6) is 0.0328. The molecule has 2 aromatic rings. The van der Waals surface area contributed by atoms with Gasteiger partial charge in [-0.1, -0.05) is 0 Å². The van der Waals surface area contributed by atoms with Crippen molar-refractivity contribution in [3.63, 3.8) is 0 Å². The summed E-state index contributed by atoms with van der Waals surface area (Å²) < 4.78 is 38.2. The van der Waals surface area contributed by atoms with Crippen LogP contribution >= 0.6 is 0 Å². The van der Waals surface area contributed by atoms with Crippen LogP contribution in [0.25, 0.3) is 0 Å². The van der Waals surface area contributed by atoms with Gasteiger partial charge in [0.2, 0.25) is 0 Å². The third-order valence-corrected chi connectivity index (χ3v) is 5.30. The second-order valence-electron chi connectivity index (χ2n) is 5.61. The van der Waals surface area contributed by atoms with Crippen LogP contribution in [0.1, 0.15) is 10.4 Å². The molecule has 3 rings (SSSR count). The zero-order chi connectivity index (χ0) is 18.6. The predicted octanol–water partition coefficient (Wildman–Crippen LogP) is 1.36. The number of hydrogen-bond donors (Lipinski definition) is 1. The molecule has 138 valence electrons. The zero-order valence-corrected chi connectivity index (χ0v) is 15.0. The highest BCUT2D eigenvalue weighted by Crippen LogP contribution is 2.25. The number of nitrogens with zero attached hydrogens (tertiary/aromatic N) is 2. The quantitative estimate of drug-likeness (QED) is 0.845. The van der Waals surface area contributed by atoms with Gasteiger partial charge in [-0.2, -0.15) is 0 Å². The molecule has 0 atom stereocenters. The van der Waals surface area contributed by atoms with E-state index in [0.29, 0.717) is 37.7 Å². The van der Waals surface area contributed by atoms with Crippen molar-refractivity contribution in [3.8, 4) is 5.75 Å². The zero-order valence-electron chi connectivity index (χ0n) is 14.2. The normalized spacial score (nSPS) is 14.7. The number of pyridine rings is 1. The number of morpholine rings is 1. The molecule has 1 aromatic carbocycles. The molecule has 0 aliphatic carbocycles. The van der Waals surface area contributed by atoms with Crippen molar-refractivity contribution in [2.75, 3.05) is 38.1 Å². The lowest BCUT2D eigenvalue weighted by Crippen LogP contribution is -2.40. The van der Waals surface area contributed by atoms with E-state index in [2.05, 4.69) is 9.71 Å². The van der Waals surface area contributed by atoms with Gasteiger partial charge in [-0.3, -0.25) is 14.5 Å². The lowest BCUT2D eigenvalue weighted by molar-refractivity contribution is 0.0300. The second kappa shape index (κ2) is 7.71. The third kappa shape index (κ3) is 3.94. The first-order valence-electron chi connectivity index (χ1n) is 7.99. The number of ether oxygens (including phenoxy) is 2. The van der Waals surface area contributed by atoms with Gasteiger partial charge >= 0.3 is 0 Å². The molecular weight excluding hydrogens is 358 g/mol. The predicted molar refractivity (Wildman–Crippen MR) is 94.8 cm³/mol. The molecular formula is C17H19N3O5S. The number of benzene rings is 1. The molecule has 0 unspecified atom stereocenters. The molecule has 1 aromatic heterocycles. The smallest absolute Gasteiger partial charge is 0.261 e. The number of hydrogen-bond acceptors (Lipinski definition) is 6. The molecule has 1 amide bonds. The molecule has 1 fully saturated rings. The van der Waals surface area contributed by atoms with Gasteiger partial charge in [-0.25, -0.2) is 8.42 Å². The van der Waals surface area contributed by atoms with E-state index in [1.807, 2.05) is 0 Å². The number of sulfonamides is 1. The van der Waals surface area contributed by atoms with E-state index in [9.17, 15) is 13.2 Å². The van der Waals surface area contributed by atoms with Crippen LogP contribution in [-0.4, -0.2) is 57.6 Å². The van der Waals surface area contributed by atoms with Crippen LogP contribution in [0.4, 0.5) is 5.69 Å². The van der Waals surface area contributed by atoms with Gasteiger partial charge in [0.25, 0.3) is 15.9 Å². The van der Waals surface area contributed by atoms with Crippen LogP contribution in [0.3, 0.4) is 0 Å². The van der Waals surface area contributed by atoms with Gasteiger partial charge in [-0.15, -0.1) is 0 Å². The maximum atomic E-state index is 12.8. The molecule has 26 heavy (non-hydrogen) atoms. The Morgan fingerprint density at radius 2 is 2.04 bits per heavy atom. The molecule has 0 radical (unpaired) electrons. The Kier molecular flexibility index (Phi) is 5.38. The minimum Gasteiger partial charge on any atom is -0.496 e. The van der Waals surface area contributed by atoms with Gasteiger partial charge in [-0.05, 0) is 30.3 Å². The van der Waals surface area contributed by atoms with E-state index in [1.54, 1.807) is 23.2 Å². The van der Waals surface area contributed by atoms with Gasteiger partial charge in [0.1, 0.15) is 5.75 Å². The summed E-state index contributed by atoms with van der Waals surface area (Å²) in [6, 6.07) is 7.42. The van der Waals surface area contributed by atoms with Gasteiger partial charge in [0, 0.05) is 19.3 Å². The SMILES string of the molecule is COc1ccc(S(=O)(=O)Nc2cccnc2)cc1C(=O)N1CCOCC1. The molecule has 1 aliphatic rings. The van der Waals surface area contributed by atoms with E-state index in [4.69, 9.17) is 9.47 Å². The van der Waals surface area contributed by atoms with E-state index >= 15 is 0 Å². The third-order valence-electron chi connectivity index (χ3n) is 3.92. The maximum Gasteiger partial charge on any atom is 0.261 e. The molecule has 1 saturated heterocycles. The number of amides is 1. The summed E-state index contributed by atoms with van der Waals surface area (Å²) in [5.41, 5.74) is 0.535. The highest BCUT2D eigenvalue weighted by molar-refractivity contribution is 7.92. The summed E-state index contributed by atoms with van der Waals surface area (Å²) in [6.45, 7) is 1.81. The molecule has 8 nitrogen and oxygen atoms in total. The fourth-order valence-electron chi connectivity index (χ4n) is 2.60. The Morgan fingerprint density at radius 3 is 2.69 bits per heavy atom. The monoisotopic (exact) mass is 377 g/mol. The van der Waals surface area contributed by atoms with E-state index in [1.165, 1.54) is 31.5 Å². The summed E-state index contributed by atoms with van der Waals surface area (Å²) in [4.78, 5) is 18.2. The van der Waals surface area contributed by atoms with Crippen LogP contribution in [0, 0.1) is 0 Å². The van der Waals surface area contributed by atoms with Crippen molar-refractivity contribution in [2.45, 2.75) is 4.90 Å². The lowest BCUT2D eigenvalue weighted by atomic mass is 10.1. The maximum absolute atomic E-state index is 12.8. The summed E-state index contributed by atoms with van der Waals surface area (Å²) in [7, 11) is -2.43. The highest BCUT2D eigenvalue weighted by atomic mass is 32.2. The number of anilines is 1. The molecule has 2 heterocycles. The van der Waals surface area contributed by atoms with Gasteiger partial charge < -0.3 is 14.4 Å². The van der Waals surface area contributed by atoms with Crippen LogP contribution in [0.5, 0.6) is 5.75 Å². The van der Waals surface area contributed by atoms with E-state index in [-0.39, 0.29) is 16.4 Å². The number of rotatable bonds is 5. The topological polar surface area (TPSA) is 97.8 Å². The molecule has 0 spiro atoms. The average molecular weight is 377 g/mol. The average Bonchev–Trinajstić information content (AvgIpc) is 2.68. The Hall–Kier alpha value is -2.65. The number of carbonyl (C=O) groups is 1. The van der Waals surface area contributed by atoms with Crippen molar-refractivity contribution < 1.29 is 22.7 Å². The number of methoxy groups -OCH3 is 1. The molecule has 0 saturated carbocycles. The van der Waals surface area contributed by atoms with Crippen LogP contribution < -0.4 is 9.46 Å². The van der Waals surface area contributed by atoms with Gasteiger partial charge in [0.05, 0.1) is 42.7 Å². The molecule has 9 heteroatoms. The summed E-state index contributed by atoms with van der Waals surface area (Å²) >= 11 is 0. The van der Waals surface area contributed by atoms with E-state index < -0.39 is 10.0 Å². The summed E-state index contributed by atoms with van der Waals surface area (Å²) in [6.07, 6.45) is 2.95. The van der Waals surface area contributed by atoms with Crippen molar-refractivity contribution in [1.82, 2.24) is 9.88 Å².